The van der Waals surface area contributed by atoms with E-state index in [1.807, 2.05) is 0 Å². The lowest BCUT2D eigenvalue weighted by atomic mass is 9.94. The van der Waals surface area contributed by atoms with E-state index in [1.165, 1.54) is 51.7 Å². The third-order valence-corrected chi connectivity index (χ3v) is 4.26. The molecule has 3 nitrogen and oxygen atoms in total. The van der Waals surface area contributed by atoms with E-state index in [9.17, 15) is 0 Å². The largest absolute Gasteiger partial charge is 0.375 e. The second kappa shape index (κ2) is 6.88. The van der Waals surface area contributed by atoms with E-state index in [4.69, 9.17) is 4.74 Å². The summed E-state index contributed by atoms with van der Waals surface area (Å²) < 4.78 is 5.76. The van der Waals surface area contributed by atoms with E-state index < -0.39 is 0 Å². The Morgan fingerprint density at radius 2 is 1.89 bits per heavy atom. The van der Waals surface area contributed by atoms with Crippen LogP contribution in [0.1, 0.15) is 52.4 Å². The van der Waals surface area contributed by atoms with E-state index in [1.54, 1.807) is 0 Å². The van der Waals surface area contributed by atoms with Crippen LogP contribution < -0.4 is 5.32 Å². The Balaban J connectivity index is 1.62. The number of nitrogens with zero attached hydrogens (tertiary/aromatic N) is 1. The molecular formula is C15H30N2O. The van der Waals surface area contributed by atoms with Gasteiger partial charge in [-0.25, -0.2) is 0 Å². The molecule has 106 valence electrons. The van der Waals surface area contributed by atoms with E-state index in [0.717, 1.165) is 19.6 Å². The van der Waals surface area contributed by atoms with Gasteiger partial charge in [-0.2, -0.15) is 0 Å². The van der Waals surface area contributed by atoms with Gasteiger partial charge in [-0.05, 0) is 52.6 Å². The summed E-state index contributed by atoms with van der Waals surface area (Å²) in [5, 5.41) is 3.72. The van der Waals surface area contributed by atoms with Gasteiger partial charge in [0.2, 0.25) is 0 Å². The van der Waals surface area contributed by atoms with Gasteiger partial charge in [0.05, 0.1) is 5.60 Å². The van der Waals surface area contributed by atoms with Crippen LogP contribution in [-0.4, -0.2) is 49.3 Å². The molecule has 18 heavy (non-hydrogen) atoms. The summed E-state index contributed by atoms with van der Waals surface area (Å²) >= 11 is 0. The average molecular weight is 254 g/mol. The number of likely N-dealkylation sites (tertiary alicyclic amines) is 1. The lowest BCUT2D eigenvalue weighted by molar-refractivity contribution is -0.0629. The zero-order valence-corrected chi connectivity index (χ0v) is 12.2. The van der Waals surface area contributed by atoms with Crippen LogP contribution in [0.3, 0.4) is 0 Å². The fourth-order valence-electron chi connectivity index (χ4n) is 3.19. The lowest BCUT2D eigenvalue weighted by Crippen LogP contribution is -2.45. The molecule has 0 aromatic heterocycles. The van der Waals surface area contributed by atoms with Gasteiger partial charge >= 0.3 is 0 Å². The molecule has 2 fully saturated rings. The Morgan fingerprint density at radius 1 is 1.17 bits per heavy atom. The number of hydrogen-bond donors (Lipinski definition) is 1. The second-order valence-corrected chi connectivity index (χ2v) is 6.51. The Kier molecular flexibility index (Phi) is 5.46. The number of ether oxygens (including phenoxy) is 1. The average Bonchev–Trinajstić information content (AvgIpc) is 2.56. The molecule has 0 spiro atoms. The fraction of sp³-hybridized carbons (Fsp3) is 1.00. The summed E-state index contributed by atoms with van der Waals surface area (Å²) in [4.78, 5) is 2.63. The third kappa shape index (κ3) is 4.87. The molecule has 0 aromatic carbocycles. The van der Waals surface area contributed by atoms with Crippen LogP contribution in [0.2, 0.25) is 0 Å². The molecule has 0 saturated carbocycles. The molecule has 1 unspecified atom stereocenters. The van der Waals surface area contributed by atoms with Gasteiger partial charge in [0.15, 0.2) is 0 Å². The standard InChI is InChI=1S/C15H30N2O/c1-15(2)13-14(7-12-18-15)16-8-11-17-9-5-3-4-6-10-17/h14,16H,3-13H2,1-2H3. The molecule has 1 N–H and O–H groups in total. The predicted octanol–water partition coefficient (Wildman–Crippen LogP) is 2.41. The van der Waals surface area contributed by atoms with Gasteiger partial charge in [-0.15, -0.1) is 0 Å². The van der Waals surface area contributed by atoms with Crippen LogP contribution in [0.15, 0.2) is 0 Å². The smallest absolute Gasteiger partial charge is 0.0641 e. The van der Waals surface area contributed by atoms with Gasteiger partial charge in [0.25, 0.3) is 0 Å². The Morgan fingerprint density at radius 3 is 2.56 bits per heavy atom. The number of hydrogen-bond acceptors (Lipinski definition) is 3. The molecule has 0 bridgehead atoms. The van der Waals surface area contributed by atoms with Gasteiger partial charge in [-0.3, -0.25) is 0 Å². The highest BCUT2D eigenvalue weighted by molar-refractivity contribution is 4.83. The molecule has 0 aromatic rings. The molecule has 2 rings (SSSR count). The summed E-state index contributed by atoms with van der Waals surface area (Å²) in [6.45, 7) is 10.3. The zero-order valence-electron chi connectivity index (χ0n) is 12.2. The van der Waals surface area contributed by atoms with Crippen molar-refractivity contribution in [2.75, 3.05) is 32.8 Å². The number of nitrogens with one attached hydrogen (secondary N) is 1. The van der Waals surface area contributed by atoms with E-state index in [-0.39, 0.29) is 5.60 Å². The third-order valence-electron chi connectivity index (χ3n) is 4.26. The highest BCUT2D eigenvalue weighted by Gasteiger charge is 2.28. The SMILES string of the molecule is CC1(C)CC(NCCN2CCCCCC2)CCO1. The van der Waals surface area contributed by atoms with Crippen LogP contribution in [0, 0.1) is 0 Å². The first-order chi connectivity index (χ1) is 8.66. The van der Waals surface area contributed by atoms with Crippen molar-refractivity contribution in [2.24, 2.45) is 0 Å². The summed E-state index contributed by atoms with van der Waals surface area (Å²) in [6, 6.07) is 0.653. The summed E-state index contributed by atoms with van der Waals surface area (Å²) in [7, 11) is 0. The monoisotopic (exact) mass is 254 g/mol. The molecule has 2 saturated heterocycles. The molecule has 2 aliphatic rings. The minimum atomic E-state index is 0.0680. The van der Waals surface area contributed by atoms with Crippen molar-refractivity contribution < 1.29 is 4.74 Å². The molecule has 3 heteroatoms. The Bertz CT molecular complexity index is 235. The van der Waals surface area contributed by atoms with Gasteiger partial charge in [0.1, 0.15) is 0 Å². The normalized spacial score (nSPS) is 30.0. The molecule has 0 amide bonds. The first-order valence-electron chi connectivity index (χ1n) is 7.75. The summed E-state index contributed by atoms with van der Waals surface area (Å²) in [6.07, 6.45) is 7.96. The maximum Gasteiger partial charge on any atom is 0.0641 e. The van der Waals surface area contributed by atoms with Crippen molar-refractivity contribution in [3.63, 3.8) is 0 Å². The first-order valence-corrected chi connectivity index (χ1v) is 7.75. The molecule has 2 aliphatic heterocycles. The van der Waals surface area contributed by atoms with Crippen molar-refractivity contribution in [1.29, 1.82) is 0 Å². The highest BCUT2D eigenvalue weighted by atomic mass is 16.5. The van der Waals surface area contributed by atoms with Crippen LogP contribution in [-0.2, 0) is 4.74 Å². The first kappa shape index (κ1) is 14.3. The minimum Gasteiger partial charge on any atom is -0.375 e. The predicted molar refractivity (Wildman–Crippen MR) is 76.0 cm³/mol. The summed E-state index contributed by atoms with van der Waals surface area (Å²) in [5.41, 5.74) is 0.0680. The topological polar surface area (TPSA) is 24.5 Å². The Labute approximate surface area is 112 Å². The highest BCUT2D eigenvalue weighted by Crippen LogP contribution is 2.23. The minimum absolute atomic E-state index is 0.0680. The van der Waals surface area contributed by atoms with Crippen molar-refractivity contribution in [3.05, 3.63) is 0 Å². The van der Waals surface area contributed by atoms with Gasteiger partial charge in [-0.1, -0.05) is 12.8 Å². The maximum absolute atomic E-state index is 5.76. The van der Waals surface area contributed by atoms with Crippen molar-refractivity contribution in [2.45, 2.75) is 64.0 Å². The second-order valence-electron chi connectivity index (χ2n) is 6.51. The molecule has 1 atom stereocenters. The molecule has 2 heterocycles. The maximum atomic E-state index is 5.76. The van der Waals surface area contributed by atoms with E-state index in [0.29, 0.717) is 6.04 Å². The van der Waals surface area contributed by atoms with Crippen LogP contribution >= 0.6 is 0 Å². The van der Waals surface area contributed by atoms with E-state index in [2.05, 4.69) is 24.1 Å². The summed E-state index contributed by atoms with van der Waals surface area (Å²) in [5.74, 6) is 0. The van der Waals surface area contributed by atoms with E-state index >= 15 is 0 Å². The van der Waals surface area contributed by atoms with Crippen LogP contribution in [0.25, 0.3) is 0 Å². The van der Waals surface area contributed by atoms with Crippen molar-refractivity contribution in [1.82, 2.24) is 10.2 Å². The van der Waals surface area contributed by atoms with Crippen molar-refractivity contribution >= 4 is 0 Å². The zero-order chi connectivity index (χ0) is 12.8. The Hall–Kier alpha value is -0.120. The van der Waals surface area contributed by atoms with Crippen molar-refractivity contribution in [3.8, 4) is 0 Å². The van der Waals surface area contributed by atoms with Crippen LogP contribution in [0.4, 0.5) is 0 Å². The van der Waals surface area contributed by atoms with Crippen LogP contribution in [0.5, 0.6) is 0 Å². The fourth-order valence-corrected chi connectivity index (χ4v) is 3.19. The van der Waals surface area contributed by atoms with Gasteiger partial charge in [0, 0.05) is 25.7 Å². The quantitative estimate of drug-likeness (QED) is 0.834. The molecular weight excluding hydrogens is 224 g/mol. The lowest BCUT2D eigenvalue weighted by Gasteiger charge is -2.36. The molecule has 0 radical (unpaired) electrons. The molecule has 0 aliphatic carbocycles. The van der Waals surface area contributed by atoms with Gasteiger partial charge < -0.3 is 15.0 Å². The number of rotatable bonds is 4.